The molecule has 0 spiro atoms. The number of amides is 1. The van der Waals surface area contributed by atoms with Crippen molar-refractivity contribution < 1.29 is 4.79 Å². The molecule has 1 amide bonds. The van der Waals surface area contributed by atoms with Gasteiger partial charge in [-0.1, -0.05) is 54.6 Å². The largest absolute Gasteiger partial charge is 0.340 e. The van der Waals surface area contributed by atoms with Gasteiger partial charge in [-0.05, 0) is 29.5 Å². The molecular formula is C21H24N2O. The zero-order valence-electron chi connectivity index (χ0n) is 14.0. The van der Waals surface area contributed by atoms with Gasteiger partial charge in [0, 0.05) is 38.6 Å². The maximum atomic E-state index is 12.2. The second-order valence-corrected chi connectivity index (χ2v) is 6.90. The van der Waals surface area contributed by atoms with E-state index in [1.165, 1.54) is 16.7 Å². The molecule has 2 fully saturated rings. The molecule has 3 nitrogen and oxygen atoms in total. The van der Waals surface area contributed by atoms with Crippen LogP contribution in [0.1, 0.15) is 18.4 Å². The molecule has 3 heteroatoms. The second-order valence-electron chi connectivity index (χ2n) is 6.90. The molecule has 1 saturated carbocycles. The van der Waals surface area contributed by atoms with Gasteiger partial charge >= 0.3 is 0 Å². The number of carbonyl (C=O) groups is 1. The molecule has 1 aliphatic heterocycles. The van der Waals surface area contributed by atoms with Gasteiger partial charge in [0.2, 0.25) is 5.91 Å². The Balaban J connectivity index is 1.42. The quantitative estimate of drug-likeness (QED) is 0.862. The molecule has 0 N–H and O–H groups in total. The third-order valence-electron chi connectivity index (χ3n) is 5.11. The lowest BCUT2D eigenvalue weighted by Gasteiger charge is -2.35. The van der Waals surface area contributed by atoms with Crippen LogP contribution < -0.4 is 0 Å². The average Bonchev–Trinajstić information content (AvgIpc) is 3.48. The van der Waals surface area contributed by atoms with Crippen LogP contribution in [0, 0.1) is 5.92 Å². The molecule has 2 aliphatic rings. The van der Waals surface area contributed by atoms with E-state index >= 15 is 0 Å². The van der Waals surface area contributed by atoms with Gasteiger partial charge in [0.25, 0.3) is 0 Å². The van der Waals surface area contributed by atoms with Crippen LogP contribution in [-0.2, 0) is 11.3 Å². The third-order valence-corrected chi connectivity index (χ3v) is 5.11. The van der Waals surface area contributed by atoms with Crippen molar-refractivity contribution in [3.63, 3.8) is 0 Å². The van der Waals surface area contributed by atoms with E-state index in [0.29, 0.717) is 11.8 Å². The maximum Gasteiger partial charge on any atom is 0.225 e. The summed E-state index contributed by atoms with van der Waals surface area (Å²) in [7, 11) is 0. The van der Waals surface area contributed by atoms with Crippen LogP contribution in [0.15, 0.2) is 54.6 Å². The molecule has 0 atom stereocenters. The van der Waals surface area contributed by atoms with Crippen molar-refractivity contribution in [2.24, 2.45) is 5.92 Å². The average molecular weight is 320 g/mol. The first-order chi connectivity index (χ1) is 11.8. The molecule has 2 aromatic carbocycles. The highest BCUT2D eigenvalue weighted by Gasteiger charge is 2.34. The van der Waals surface area contributed by atoms with Crippen molar-refractivity contribution >= 4 is 5.91 Å². The van der Waals surface area contributed by atoms with Crippen molar-refractivity contribution in [1.82, 2.24) is 9.80 Å². The van der Waals surface area contributed by atoms with Gasteiger partial charge in [0.1, 0.15) is 0 Å². The molecule has 1 heterocycles. The molecule has 4 rings (SSSR count). The lowest BCUT2D eigenvalue weighted by Crippen LogP contribution is -2.48. The fraction of sp³-hybridized carbons (Fsp3) is 0.381. The molecule has 2 aromatic rings. The van der Waals surface area contributed by atoms with Gasteiger partial charge < -0.3 is 4.90 Å². The Kier molecular flexibility index (Phi) is 4.35. The summed E-state index contributed by atoms with van der Waals surface area (Å²) in [5.74, 6) is 0.731. The first-order valence-corrected chi connectivity index (χ1v) is 8.96. The molecule has 0 unspecified atom stereocenters. The molecule has 1 aliphatic carbocycles. The van der Waals surface area contributed by atoms with Gasteiger partial charge in [-0.25, -0.2) is 0 Å². The minimum Gasteiger partial charge on any atom is -0.340 e. The Bertz CT molecular complexity index is 701. The van der Waals surface area contributed by atoms with E-state index in [1.807, 2.05) is 0 Å². The van der Waals surface area contributed by atoms with E-state index in [4.69, 9.17) is 0 Å². The van der Waals surface area contributed by atoms with Crippen LogP contribution in [0.25, 0.3) is 11.1 Å². The second kappa shape index (κ2) is 6.78. The van der Waals surface area contributed by atoms with Gasteiger partial charge in [0.15, 0.2) is 0 Å². The molecule has 0 bridgehead atoms. The number of hydrogen-bond acceptors (Lipinski definition) is 2. The van der Waals surface area contributed by atoms with E-state index in [-0.39, 0.29) is 0 Å². The lowest BCUT2D eigenvalue weighted by atomic mass is 9.99. The highest BCUT2D eigenvalue weighted by atomic mass is 16.2. The van der Waals surface area contributed by atoms with Gasteiger partial charge in [-0.15, -0.1) is 0 Å². The number of carbonyl (C=O) groups excluding carboxylic acids is 1. The highest BCUT2D eigenvalue weighted by molar-refractivity contribution is 5.81. The predicted octanol–water partition coefficient (Wildman–Crippen LogP) is 3.41. The summed E-state index contributed by atoms with van der Waals surface area (Å²) in [5, 5.41) is 0. The Labute approximate surface area is 143 Å². The van der Waals surface area contributed by atoms with Crippen molar-refractivity contribution in [1.29, 1.82) is 0 Å². The lowest BCUT2D eigenvalue weighted by molar-refractivity contribution is -0.134. The van der Waals surface area contributed by atoms with Crippen LogP contribution in [0.5, 0.6) is 0 Å². The molecule has 0 aromatic heterocycles. The Morgan fingerprint density at radius 3 is 2.25 bits per heavy atom. The number of nitrogens with zero attached hydrogens (tertiary/aromatic N) is 2. The molecule has 1 saturated heterocycles. The topological polar surface area (TPSA) is 23.6 Å². The van der Waals surface area contributed by atoms with Crippen molar-refractivity contribution in [2.45, 2.75) is 19.4 Å². The van der Waals surface area contributed by atoms with Crippen LogP contribution >= 0.6 is 0 Å². The SMILES string of the molecule is O=C(C1CC1)N1CCN(Cc2ccccc2-c2ccccc2)CC1. The van der Waals surface area contributed by atoms with Crippen LogP contribution in [0.3, 0.4) is 0 Å². The molecule has 24 heavy (non-hydrogen) atoms. The summed E-state index contributed by atoms with van der Waals surface area (Å²) in [4.78, 5) is 16.7. The van der Waals surface area contributed by atoms with Crippen LogP contribution in [0.2, 0.25) is 0 Å². The molecule has 0 radical (unpaired) electrons. The summed E-state index contributed by atoms with van der Waals surface area (Å²) >= 11 is 0. The van der Waals surface area contributed by atoms with E-state index in [1.54, 1.807) is 0 Å². The summed E-state index contributed by atoms with van der Waals surface area (Å²) in [5.41, 5.74) is 3.95. The molecular weight excluding hydrogens is 296 g/mol. The van der Waals surface area contributed by atoms with E-state index in [9.17, 15) is 4.79 Å². The number of piperazine rings is 1. The van der Waals surface area contributed by atoms with Crippen molar-refractivity contribution in [2.75, 3.05) is 26.2 Å². The zero-order chi connectivity index (χ0) is 16.4. The summed E-state index contributed by atoms with van der Waals surface area (Å²) in [6.45, 7) is 4.66. The number of benzene rings is 2. The van der Waals surface area contributed by atoms with Crippen molar-refractivity contribution in [3.05, 3.63) is 60.2 Å². The number of hydrogen-bond donors (Lipinski definition) is 0. The monoisotopic (exact) mass is 320 g/mol. The molecule has 124 valence electrons. The normalized spacial score (nSPS) is 18.6. The zero-order valence-corrected chi connectivity index (χ0v) is 14.0. The maximum absolute atomic E-state index is 12.2. The van der Waals surface area contributed by atoms with E-state index in [2.05, 4.69) is 64.4 Å². The Morgan fingerprint density at radius 1 is 0.875 bits per heavy atom. The first-order valence-electron chi connectivity index (χ1n) is 8.96. The minimum atomic E-state index is 0.343. The summed E-state index contributed by atoms with van der Waals surface area (Å²) < 4.78 is 0. The van der Waals surface area contributed by atoms with Gasteiger partial charge in [0.05, 0.1) is 0 Å². The highest BCUT2D eigenvalue weighted by Crippen LogP contribution is 2.31. The standard InChI is InChI=1S/C21H24N2O/c24-21(18-10-11-18)23-14-12-22(13-15-23)16-19-8-4-5-9-20(19)17-6-2-1-3-7-17/h1-9,18H,10-16H2. The minimum absolute atomic E-state index is 0.343. The van der Waals surface area contributed by atoms with Gasteiger partial charge in [-0.3, -0.25) is 9.69 Å². The number of rotatable bonds is 4. The summed E-state index contributed by atoms with van der Waals surface area (Å²) in [6.07, 6.45) is 2.20. The van der Waals surface area contributed by atoms with Crippen LogP contribution in [0.4, 0.5) is 0 Å². The predicted molar refractivity (Wildman–Crippen MR) is 96.5 cm³/mol. The third kappa shape index (κ3) is 3.36. The van der Waals surface area contributed by atoms with Gasteiger partial charge in [-0.2, -0.15) is 0 Å². The Hall–Kier alpha value is -2.13. The Morgan fingerprint density at radius 2 is 1.54 bits per heavy atom. The smallest absolute Gasteiger partial charge is 0.225 e. The fourth-order valence-corrected chi connectivity index (χ4v) is 3.51. The van der Waals surface area contributed by atoms with Crippen LogP contribution in [-0.4, -0.2) is 41.9 Å². The fourth-order valence-electron chi connectivity index (χ4n) is 3.51. The van der Waals surface area contributed by atoms with Crippen molar-refractivity contribution in [3.8, 4) is 11.1 Å². The summed E-state index contributed by atoms with van der Waals surface area (Å²) in [6, 6.07) is 19.2. The first kappa shape index (κ1) is 15.4. The van der Waals surface area contributed by atoms with E-state index in [0.717, 1.165) is 45.6 Å². The van der Waals surface area contributed by atoms with E-state index < -0.39 is 0 Å².